The maximum Gasteiger partial charge on any atom is 0.573 e. The van der Waals surface area contributed by atoms with Gasteiger partial charge in [-0.15, -0.1) is 24.8 Å². The van der Waals surface area contributed by atoms with Gasteiger partial charge in [0, 0.05) is 30.2 Å². The molecule has 0 bridgehead atoms. The third kappa shape index (κ3) is 6.19. The number of carbonyl (C=O) groups excluding carboxylic acids is 1. The molecule has 1 saturated heterocycles. The van der Waals surface area contributed by atoms with Crippen molar-refractivity contribution in [3.63, 3.8) is 0 Å². The lowest BCUT2D eigenvalue weighted by molar-refractivity contribution is -0.274. The zero-order valence-electron chi connectivity index (χ0n) is 18.4. The van der Waals surface area contributed by atoms with Crippen LogP contribution in [0, 0.1) is 6.92 Å². The van der Waals surface area contributed by atoms with E-state index >= 15 is 0 Å². The molecular weight excluding hydrogens is 429 g/mol. The fourth-order valence-corrected chi connectivity index (χ4v) is 4.28. The van der Waals surface area contributed by atoms with Crippen LogP contribution in [0.2, 0.25) is 0 Å². The van der Waals surface area contributed by atoms with E-state index in [1.54, 1.807) is 17.0 Å². The predicted molar refractivity (Wildman–Crippen MR) is 117 cm³/mol. The van der Waals surface area contributed by atoms with E-state index in [4.69, 9.17) is 11.6 Å². The number of aryl methyl sites for hydroxylation is 1. The van der Waals surface area contributed by atoms with Crippen LogP contribution in [0.25, 0.3) is 5.69 Å². The number of benzene rings is 1. The highest BCUT2D eigenvalue weighted by atomic mass is 35.5. The van der Waals surface area contributed by atoms with Crippen molar-refractivity contribution in [3.05, 3.63) is 47.3 Å². The van der Waals surface area contributed by atoms with Gasteiger partial charge in [-0.3, -0.25) is 4.79 Å². The molecule has 4 nitrogen and oxygen atoms in total. The number of ether oxygens (including phenoxy) is 1. The number of carbonyl (C=O) groups is 1. The molecule has 1 fully saturated rings. The number of hydrogen-bond donors (Lipinski definition) is 0. The average Bonchev–Trinajstić information content (AvgIpc) is 3.10. The molecule has 0 radical (unpaired) electrons. The number of hydrogen-bond acceptors (Lipinski definition) is 2. The van der Waals surface area contributed by atoms with Crippen molar-refractivity contribution < 1.29 is 22.7 Å². The minimum atomic E-state index is -4.70. The van der Waals surface area contributed by atoms with E-state index in [1.165, 1.54) is 17.7 Å². The van der Waals surface area contributed by atoms with Crippen LogP contribution >= 0.6 is 11.6 Å². The average molecular weight is 459 g/mol. The van der Waals surface area contributed by atoms with Gasteiger partial charge in [0.1, 0.15) is 11.6 Å². The molecule has 0 atom stereocenters. The quantitative estimate of drug-likeness (QED) is 0.498. The largest absolute Gasteiger partial charge is 0.573 e. The normalized spacial score (nSPS) is 14.8. The minimum absolute atomic E-state index is 0.00834. The molecule has 1 aliphatic heterocycles. The van der Waals surface area contributed by atoms with Crippen molar-refractivity contribution in [3.8, 4) is 11.4 Å². The Morgan fingerprint density at radius 2 is 1.74 bits per heavy atom. The summed E-state index contributed by atoms with van der Waals surface area (Å²) in [5.74, 6) is 0.0857. The molecule has 31 heavy (non-hydrogen) atoms. The Labute approximate surface area is 186 Å². The summed E-state index contributed by atoms with van der Waals surface area (Å²) in [5, 5.41) is 0. The Morgan fingerprint density at radius 3 is 2.23 bits per heavy atom. The fraction of sp³-hybridized carbons (Fsp3) is 0.522. The highest BCUT2D eigenvalue weighted by Crippen LogP contribution is 2.35. The Morgan fingerprint density at radius 1 is 1.16 bits per heavy atom. The smallest absolute Gasteiger partial charge is 0.406 e. The molecular formula is C23H30ClF3N2O2. The first kappa shape index (κ1) is 25.1. The molecule has 2 heterocycles. The molecule has 0 N–H and O–H groups in total. The second kappa shape index (κ2) is 10.9. The van der Waals surface area contributed by atoms with Gasteiger partial charge in [0.05, 0.1) is 0 Å². The molecule has 8 heteroatoms. The van der Waals surface area contributed by atoms with Crippen LogP contribution in [0.1, 0.15) is 56.5 Å². The molecule has 2 aromatic rings. The standard InChI is InChI=1S/C21H24ClF3N2O2.C2H6/c1-3-19-18(15-8-10-26(11-9-15)20(28)13-22)12-14(2)27(19)16-4-6-17(7-5-16)29-21(23,24)25;1-2/h4-7,12,15H,3,8-11,13H2,1-2H3;1-2H3. The molecule has 0 saturated carbocycles. The van der Waals surface area contributed by atoms with Gasteiger partial charge >= 0.3 is 6.36 Å². The number of halogens is 4. The molecule has 1 aromatic heterocycles. The summed E-state index contributed by atoms with van der Waals surface area (Å²) in [6, 6.07) is 8.09. The molecule has 0 unspecified atom stereocenters. The summed E-state index contributed by atoms with van der Waals surface area (Å²) in [5.41, 5.74) is 4.23. The van der Waals surface area contributed by atoms with Crippen molar-refractivity contribution in [1.82, 2.24) is 9.47 Å². The summed E-state index contributed by atoms with van der Waals surface area (Å²) in [6.07, 6.45) is -2.16. The van der Waals surface area contributed by atoms with Crippen LogP contribution in [-0.2, 0) is 11.2 Å². The van der Waals surface area contributed by atoms with Gasteiger partial charge in [-0.1, -0.05) is 20.8 Å². The topological polar surface area (TPSA) is 34.5 Å². The number of aromatic nitrogens is 1. The summed E-state index contributed by atoms with van der Waals surface area (Å²) in [7, 11) is 0. The van der Waals surface area contributed by atoms with Crippen molar-refractivity contribution in [2.45, 2.75) is 59.2 Å². The van der Waals surface area contributed by atoms with Crippen molar-refractivity contribution >= 4 is 17.5 Å². The zero-order valence-corrected chi connectivity index (χ0v) is 19.2. The first-order valence-corrected chi connectivity index (χ1v) is 11.2. The van der Waals surface area contributed by atoms with Crippen LogP contribution in [0.3, 0.4) is 0 Å². The zero-order chi connectivity index (χ0) is 23.2. The summed E-state index contributed by atoms with van der Waals surface area (Å²) in [6.45, 7) is 9.44. The lowest BCUT2D eigenvalue weighted by atomic mass is 9.88. The van der Waals surface area contributed by atoms with E-state index in [1.807, 2.05) is 20.8 Å². The molecule has 3 rings (SSSR count). The SMILES string of the molecule is CC.CCc1c(C2CCN(C(=O)CCl)CC2)cc(C)n1-c1ccc(OC(F)(F)F)cc1. The van der Waals surface area contributed by atoms with Gasteiger partial charge in [-0.25, -0.2) is 0 Å². The molecule has 1 aromatic carbocycles. The second-order valence-electron chi connectivity index (χ2n) is 7.21. The van der Waals surface area contributed by atoms with E-state index in [0.29, 0.717) is 19.0 Å². The van der Waals surface area contributed by atoms with E-state index in [-0.39, 0.29) is 17.5 Å². The lowest BCUT2D eigenvalue weighted by Gasteiger charge is -2.32. The second-order valence-corrected chi connectivity index (χ2v) is 7.47. The van der Waals surface area contributed by atoms with E-state index in [9.17, 15) is 18.0 Å². The highest BCUT2D eigenvalue weighted by Gasteiger charge is 2.31. The van der Waals surface area contributed by atoms with Crippen LogP contribution in [0.15, 0.2) is 30.3 Å². The van der Waals surface area contributed by atoms with Gasteiger partial charge in [-0.05, 0) is 68.0 Å². The molecule has 1 aliphatic rings. The maximum absolute atomic E-state index is 12.4. The van der Waals surface area contributed by atoms with Gasteiger partial charge in [-0.2, -0.15) is 0 Å². The van der Waals surface area contributed by atoms with Crippen molar-refractivity contribution in [2.75, 3.05) is 19.0 Å². The monoisotopic (exact) mass is 458 g/mol. The Kier molecular flexibility index (Phi) is 8.86. The number of likely N-dealkylation sites (tertiary alicyclic amines) is 1. The van der Waals surface area contributed by atoms with E-state index < -0.39 is 6.36 Å². The summed E-state index contributed by atoms with van der Waals surface area (Å²) >= 11 is 5.66. The van der Waals surface area contributed by atoms with Crippen molar-refractivity contribution in [1.29, 1.82) is 0 Å². The van der Waals surface area contributed by atoms with Gasteiger partial charge in [0.25, 0.3) is 0 Å². The predicted octanol–water partition coefficient (Wildman–Crippen LogP) is 6.22. The van der Waals surface area contributed by atoms with Crippen molar-refractivity contribution in [2.24, 2.45) is 0 Å². The number of amides is 1. The lowest BCUT2D eigenvalue weighted by Crippen LogP contribution is -2.38. The van der Waals surface area contributed by atoms with E-state index in [2.05, 4.69) is 22.3 Å². The third-order valence-corrected chi connectivity index (χ3v) is 5.61. The van der Waals surface area contributed by atoms with Gasteiger partial charge < -0.3 is 14.2 Å². The number of piperidine rings is 1. The van der Waals surface area contributed by atoms with Gasteiger partial charge in [0.15, 0.2) is 0 Å². The number of alkyl halides is 4. The Bertz CT molecular complexity index is 855. The highest BCUT2D eigenvalue weighted by molar-refractivity contribution is 6.27. The summed E-state index contributed by atoms with van der Waals surface area (Å²) in [4.78, 5) is 13.6. The van der Waals surface area contributed by atoms with Crippen LogP contribution < -0.4 is 4.74 Å². The molecule has 0 aliphatic carbocycles. The molecule has 1 amide bonds. The van der Waals surface area contributed by atoms with Crippen LogP contribution in [-0.4, -0.2) is 40.7 Å². The number of rotatable bonds is 5. The summed E-state index contributed by atoms with van der Waals surface area (Å²) < 4.78 is 43.2. The van der Waals surface area contributed by atoms with Gasteiger partial charge in [0.2, 0.25) is 5.91 Å². The Hall–Kier alpha value is -2.15. The molecule has 0 spiro atoms. The van der Waals surface area contributed by atoms with Crippen LogP contribution in [0.4, 0.5) is 13.2 Å². The minimum Gasteiger partial charge on any atom is -0.406 e. The van der Waals surface area contributed by atoms with E-state index in [0.717, 1.165) is 36.3 Å². The third-order valence-electron chi connectivity index (χ3n) is 5.39. The Balaban J connectivity index is 0.00000166. The first-order chi connectivity index (χ1) is 14.7. The first-order valence-electron chi connectivity index (χ1n) is 10.6. The van der Waals surface area contributed by atoms with Crippen LogP contribution in [0.5, 0.6) is 5.75 Å². The maximum atomic E-state index is 12.4. The molecule has 172 valence electrons. The fourth-order valence-electron chi connectivity index (χ4n) is 4.11. The number of nitrogens with zero attached hydrogens (tertiary/aromatic N) is 2.